The van der Waals surface area contributed by atoms with Crippen molar-refractivity contribution in [2.45, 2.75) is 11.8 Å². The summed E-state index contributed by atoms with van der Waals surface area (Å²) in [7, 11) is 1.86. The average Bonchev–Trinajstić information content (AvgIpc) is 2.81. The smallest absolute Gasteiger partial charge is 0.123 e. The van der Waals surface area contributed by atoms with E-state index >= 15 is 0 Å². The summed E-state index contributed by atoms with van der Waals surface area (Å²) >= 11 is 12.3. The molecule has 0 bridgehead atoms. The predicted octanol–water partition coefficient (Wildman–Crippen LogP) is 3.52. The molecule has 0 fully saturated rings. The Labute approximate surface area is 122 Å². The van der Waals surface area contributed by atoms with Crippen LogP contribution in [0.25, 0.3) is 0 Å². The van der Waals surface area contributed by atoms with Crippen LogP contribution in [0.2, 0.25) is 0 Å². The summed E-state index contributed by atoms with van der Waals surface area (Å²) in [6, 6.07) is 6.47. The first kappa shape index (κ1) is 14.4. The van der Waals surface area contributed by atoms with E-state index in [0.29, 0.717) is 18.2 Å². The third kappa shape index (κ3) is 3.10. The number of nitrogens with zero attached hydrogens (tertiary/aromatic N) is 2. The molecule has 5 heteroatoms. The van der Waals surface area contributed by atoms with E-state index in [0.717, 1.165) is 11.1 Å². The van der Waals surface area contributed by atoms with Crippen LogP contribution in [0.15, 0.2) is 36.7 Å². The molecule has 0 aliphatic heterocycles. The van der Waals surface area contributed by atoms with Crippen molar-refractivity contribution in [2.75, 3.05) is 11.8 Å². The number of benzene rings is 1. The topological polar surface area (TPSA) is 17.8 Å². The van der Waals surface area contributed by atoms with E-state index in [1.165, 1.54) is 12.1 Å². The molecule has 0 amide bonds. The Morgan fingerprint density at radius 3 is 2.58 bits per heavy atom. The highest BCUT2D eigenvalue weighted by Crippen LogP contribution is 2.32. The van der Waals surface area contributed by atoms with Gasteiger partial charge in [-0.1, -0.05) is 12.1 Å². The van der Waals surface area contributed by atoms with E-state index in [4.69, 9.17) is 23.2 Å². The number of halogens is 3. The zero-order valence-electron chi connectivity index (χ0n) is 10.6. The van der Waals surface area contributed by atoms with Crippen LogP contribution >= 0.6 is 23.2 Å². The molecule has 0 saturated heterocycles. The highest BCUT2D eigenvalue weighted by atomic mass is 35.5. The molecule has 19 heavy (non-hydrogen) atoms. The fraction of sp³-hybridized carbons (Fsp3) is 0.357. The summed E-state index contributed by atoms with van der Waals surface area (Å²) in [6.45, 7) is 0. The van der Waals surface area contributed by atoms with E-state index in [2.05, 4.69) is 5.10 Å². The second-order valence-electron chi connectivity index (χ2n) is 4.76. The third-order valence-corrected chi connectivity index (χ3v) is 4.27. The number of hydrogen-bond acceptors (Lipinski definition) is 1. The summed E-state index contributed by atoms with van der Waals surface area (Å²) in [5.41, 5.74) is 1.38. The van der Waals surface area contributed by atoms with Crippen LogP contribution < -0.4 is 0 Å². The van der Waals surface area contributed by atoms with Crippen LogP contribution in [0.5, 0.6) is 0 Å². The fourth-order valence-corrected chi connectivity index (χ4v) is 2.94. The van der Waals surface area contributed by atoms with Gasteiger partial charge < -0.3 is 0 Å². The Balaban J connectivity index is 2.37. The molecular formula is C14H15Cl2FN2. The van der Waals surface area contributed by atoms with Gasteiger partial charge in [-0.2, -0.15) is 5.10 Å². The van der Waals surface area contributed by atoms with Crippen LogP contribution in [0, 0.1) is 5.82 Å². The minimum absolute atomic E-state index is 0.275. The minimum atomic E-state index is -0.478. The molecule has 0 N–H and O–H groups in total. The van der Waals surface area contributed by atoms with Gasteiger partial charge in [0, 0.05) is 30.4 Å². The number of aromatic nitrogens is 2. The van der Waals surface area contributed by atoms with Gasteiger partial charge in [0.25, 0.3) is 0 Å². The molecule has 0 radical (unpaired) electrons. The summed E-state index contributed by atoms with van der Waals surface area (Å²) in [6.07, 6.45) is 4.34. The average molecular weight is 301 g/mol. The first-order valence-corrected chi connectivity index (χ1v) is 7.02. The Morgan fingerprint density at radius 1 is 1.32 bits per heavy atom. The molecule has 2 nitrogen and oxygen atoms in total. The van der Waals surface area contributed by atoms with Gasteiger partial charge in [-0.05, 0) is 29.7 Å². The fourth-order valence-electron chi connectivity index (χ4n) is 2.16. The Morgan fingerprint density at radius 2 is 2.05 bits per heavy atom. The standard InChI is InChI=1S/C14H15Cl2FN2/c1-19-8-11(7-18-19)6-14(9-15,10-16)12-3-2-4-13(17)5-12/h2-5,7-8H,6,9-10H2,1H3. The quantitative estimate of drug-likeness (QED) is 0.773. The molecule has 0 unspecified atom stereocenters. The number of aryl methyl sites for hydroxylation is 1. The maximum atomic E-state index is 13.4. The molecule has 0 aliphatic carbocycles. The summed E-state index contributed by atoms with van der Waals surface area (Å²) in [5.74, 6) is 0.382. The molecule has 1 heterocycles. The Bertz CT molecular complexity index is 550. The molecule has 0 atom stereocenters. The van der Waals surface area contributed by atoms with Crippen molar-refractivity contribution in [3.8, 4) is 0 Å². The Kier molecular flexibility index (Phi) is 4.48. The summed E-state index contributed by atoms with van der Waals surface area (Å²) in [5, 5.41) is 4.14. The van der Waals surface area contributed by atoms with Crippen LogP contribution in [0.4, 0.5) is 4.39 Å². The molecule has 1 aromatic heterocycles. The van der Waals surface area contributed by atoms with Crippen molar-refractivity contribution < 1.29 is 4.39 Å². The van der Waals surface area contributed by atoms with Crippen molar-refractivity contribution >= 4 is 23.2 Å². The highest BCUT2D eigenvalue weighted by molar-refractivity contribution is 6.22. The van der Waals surface area contributed by atoms with E-state index < -0.39 is 5.41 Å². The van der Waals surface area contributed by atoms with Gasteiger partial charge in [0.05, 0.1) is 6.20 Å². The lowest BCUT2D eigenvalue weighted by Crippen LogP contribution is -2.33. The van der Waals surface area contributed by atoms with E-state index in [9.17, 15) is 4.39 Å². The van der Waals surface area contributed by atoms with Gasteiger partial charge in [-0.25, -0.2) is 4.39 Å². The molecule has 2 rings (SSSR count). The second-order valence-corrected chi connectivity index (χ2v) is 5.29. The zero-order chi connectivity index (χ0) is 13.9. The van der Waals surface area contributed by atoms with E-state index in [1.807, 2.05) is 19.3 Å². The van der Waals surface area contributed by atoms with Gasteiger partial charge in [-0.15, -0.1) is 23.2 Å². The van der Waals surface area contributed by atoms with Gasteiger partial charge in [0.1, 0.15) is 5.82 Å². The molecule has 0 spiro atoms. The predicted molar refractivity (Wildman–Crippen MR) is 76.4 cm³/mol. The molecule has 1 aromatic carbocycles. The van der Waals surface area contributed by atoms with Crippen molar-refractivity contribution in [1.82, 2.24) is 9.78 Å². The Hall–Kier alpha value is -1.06. The van der Waals surface area contributed by atoms with Gasteiger partial charge >= 0.3 is 0 Å². The first-order chi connectivity index (χ1) is 9.09. The maximum Gasteiger partial charge on any atom is 0.123 e. The van der Waals surface area contributed by atoms with Gasteiger partial charge in [0.2, 0.25) is 0 Å². The van der Waals surface area contributed by atoms with Crippen LogP contribution in [-0.4, -0.2) is 21.5 Å². The lowest BCUT2D eigenvalue weighted by Gasteiger charge is -2.30. The monoisotopic (exact) mass is 300 g/mol. The van der Waals surface area contributed by atoms with E-state index in [1.54, 1.807) is 16.9 Å². The van der Waals surface area contributed by atoms with Crippen molar-refractivity contribution in [3.05, 3.63) is 53.6 Å². The molecular weight excluding hydrogens is 286 g/mol. The largest absolute Gasteiger partial charge is 0.276 e. The second kappa shape index (κ2) is 5.93. The van der Waals surface area contributed by atoms with Crippen LogP contribution in [-0.2, 0) is 18.9 Å². The summed E-state index contributed by atoms with van der Waals surface area (Å²) in [4.78, 5) is 0. The highest BCUT2D eigenvalue weighted by Gasteiger charge is 2.31. The lowest BCUT2D eigenvalue weighted by atomic mass is 9.79. The maximum absolute atomic E-state index is 13.4. The van der Waals surface area contributed by atoms with Gasteiger partial charge in [-0.3, -0.25) is 4.68 Å². The van der Waals surface area contributed by atoms with Crippen LogP contribution in [0.1, 0.15) is 11.1 Å². The van der Waals surface area contributed by atoms with Crippen molar-refractivity contribution in [1.29, 1.82) is 0 Å². The number of alkyl halides is 2. The first-order valence-electron chi connectivity index (χ1n) is 5.95. The van der Waals surface area contributed by atoms with E-state index in [-0.39, 0.29) is 5.82 Å². The van der Waals surface area contributed by atoms with Crippen LogP contribution in [0.3, 0.4) is 0 Å². The SMILES string of the molecule is Cn1cc(CC(CCl)(CCl)c2cccc(F)c2)cn1. The zero-order valence-corrected chi connectivity index (χ0v) is 12.1. The third-order valence-electron chi connectivity index (χ3n) is 3.25. The number of rotatable bonds is 5. The minimum Gasteiger partial charge on any atom is -0.276 e. The summed E-state index contributed by atoms with van der Waals surface area (Å²) < 4.78 is 15.1. The number of hydrogen-bond donors (Lipinski definition) is 0. The molecule has 102 valence electrons. The van der Waals surface area contributed by atoms with Crippen molar-refractivity contribution in [2.24, 2.45) is 7.05 Å². The van der Waals surface area contributed by atoms with Gasteiger partial charge in [0.15, 0.2) is 0 Å². The molecule has 0 aliphatic rings. The normalized spacial score (nSPS) is 11.8. The van der Waals surface area contributed by atoms with Crippen molar-refractivity contribution in [3.63, 3.8) is 0 Å². The molecule has 0 saturated carbocycles. The molecule has 2 aromatic rings. The lowest BCUT2D eigenvalue weighted by molar-refractivity contribution is 0.528.